The van der Waals surface area contributed by atoms with Crippen molar-refractivity contribution < 1.29 is 0 Å². The van der Waals surface area contributed by atoms with Gasteiger partial charge in [0.15, 0.2) is 0 Å². The lowest BCUT2D eigenvalue weighted by molar-refractivity contribution is 0.697. The predicted octanol–water partition coefficient (Wildman–Crippen LogP) is 4.68. The van der Waals surface area contributed by atoms with Gasteiger partial charge in [0.25, 0.3) is 0 Å². The van der Waals surface area contributed by atoms with E-state index in [-0.39, 0.29) is 0 Å². The van der Waals surface area contributed by atoms with E-state index in [9.17, 15) is 0 Å². The van der Waals surface area contributed by atoms with E-state index < -0.39 is 0 Å². The zero-order valence-corrected chi connectivity index (χ0v) is 15.9. The zero-order chi connectivity index (χ0) is 17.4. The minimum atomic E-state index is 0.698. The summed E-state index contributed by atoms with van der Waals surface area (Å²) < 4.78 is 3.50. The van der Waals surface area contributed by atoms with Crippen LogP contribution in [0.4, 0.5) is 11.5 Å². The van der Waals surface area contributed by atoms with Gasteiger partial charge in [-0.2, -0.15) is 5.10 Å². The Morgan fingerprint density at radius 3 is 2.17 bits per heavy atom. The molecule has 2 aromatic carbocycles. The smallest absolute Gasteiger partial charge is 0.122 e. The monoisotopic (exact) mass is 450 g/mol. The lowest BCUT2D eigenvalue weighted by Crippen LogP contribution is -2.05. The van der Waals surface area contributed by atoms with Crippen LogP contribution < -0.4 is 11.6 Å². The maximum atomic E-state index is 5.69. The Hall–Kier alpha value is -2.19. The molecule has 0 bridgehead atoms. The van der Waals surface area contributed by atoms with Gasteiger partial charge in [0, 0.05) is 8.95 Å². The highest BCUT2D eigenvalue weighted by Gasteiger charge is 2.01. The normalized spacial score (nSPS) is 10.4. The molecule has 3 rings (SSSR count). The Bertz CT molecular complexity index is 781. The number of nitrogens with two attached hydrogens (primary N) is 2. The van der Waals surface area contributed by atoms with Crippen LogP contribution in [0, 0.1) is 0 Å². The third-order valence-corrected chi connectivity index (χ3v) is 4.30. The molecular formula is C16H16Br2N6. The summed E-state index contributed by atoms with van der Waals surface area (Å²) in [5.41, 5.74) is 7.60. The Labute approximate surface area is 156 Å². The van der Waals surface area contributed by atoms with E-state index in [2.05, 4.69) is 59.4 Å². The molecule has 0 atom stereocenters. The van der Waals surface area contributed by atoms with Crippen molar-refractivity contribution in [1.29, 1.82) is 0 Å². The van der Waals surface area contributed by atoms with Crippen molar-refractivity contribution in [2.75, 3.05) is 5.73 Å². The first-order valence-electron chi connectivity index (χ1n) is 6.98. The van der Waals surface area contributed by atoms with Crippen molar-refractivity contribution in [3.8, 4) is 0 Å². The maximum absolute atomic E-state index is 5.69. The molecule has 8 heteroatoms. The Morgan fingerprint density at radius 1 is 0.958 bits per heavy atom. The Morgan fingerprint density at radius 2 is 1.62 bits per heavy atom. The molecule has 3 aromatic rings. The van der Waals surface area contributed by atoms with Crippen LogP contribution in [-0.4, -0.2) is 9.78 Å². The van der Waals surface area contributed by atoms with E-state index in [4.69, 9.17) is 11.6 Å². The van der Waals surface area contributed by atoms with E-state index in [1.54, 1.807) is 16.9 Å². The molecule has 6 nitrogen and oxygen atoms in total. The summed E-state index contributed by atoms with van der Waals surface area (Å²) in [4.78, 5) is 0. The van der Waals surface area contributed by atoms with Gasteiger partial charge in [-0.15, -0.1) is 5.11 Å². The number of halogens is 2. The molecule has 0 fully saturated rings. The average molecular weight is 452 g/mol. The number of rotatable bonds is 3. The maximum Gasteiger partial charge on any atom is 0.122 e. The van der Waals surface area contributed by atoms with Crippen LogP contribution >= 0.6 is 31.9 Å². The van der Waals surface area contributed by atoms with E-state index >= 15 is 0 Å². The van der Waals surface area contributed by atoms with E-state index in [1.165, 1.54) is 5.56 Å². The van der Waals surface area contributed by atoms with Crippen LogP contribution in [0.2, 0.25) is 0 Å². The fourth-order valence-electron chi connectivity index (χ4n) is 1.87. The first-order valence-corrected chi connectivity index (χ1v) is 8.56. The van der Waals surface area contributed by atoms with Gasteiger partial charge in [-0.1, -0.05) is 41.6 Å². The van der Waals surface area contributed by atoms with Gasteiger partial charge in [-0.3, -0.25) is 0 Å². The van der Waals surface area contributed by atoms with Gasteiger partial charge in [0.1, 0.15) is 11.5 Å². The highest BCUT2D eigenvalue weighted by Crippen LogP contribution is 2.32. The molecule has 24 heavy (non-hydrogen) atoms. The molecule has 1 aromatic heterocycles. The molecular weight excluding hydrogens is 436 g/mol. The Kier molecular flexibility index (Phi) is 6.95. The van der Waals surface area contributed by atoms with Gasteiger partial charge in [-0.25, -0.2) is 4.68 Å². The number of hydrogen-bond acceptors (Lipinski definition) is 4. The molecule has 0 aliphatic rings. The number of aromatic nitrogens is 2. The van der Waals surface area contributed by atoms with Crippen LogP contribution in [0.1, 0.15) is 5.56 Å². The van der Waals surface area contributed by atoms with Crippen molar-refractivity contribution in [2.45, 2.75) is 6.54 Å². The third kappa shape index (κ3) is 5.17. The minimum Gasteiger partial charge on any atom is -0.384 e. The van der Waals surface area contributed by atoms with E-state index in [1.807, 2.05) is 36.4 Å². The molecule has 0 aliphatic heterocycles. The average Bonchev–Trinajstić information content (AvgIpc) is 2.98. The molecule has 4 N–H and O–H groups in total. The minimum absolute atomic E-state index is 0.698. The fourth-order valence-corrected chi connectivity index (χ4v) is 3.03. The molecule has 0 radical (unpaired) electrons. The SMILES string of the molecule is N/N=N/c1c(Br)cccc1Br.Nc1ccnn1Cc1ccccc1. The van der Waals surface area contributed by atoms with Crippen LogP contribution in [0.5, 0.6) is 0 Å². The van der Waals surface area contributed by atoms with Crippen molar-refractivity contribution in [3.05, 3.63) is 75.3 Å². The summed E-state index contributed by atoms with van der Waals surface area (Å²) in [7, 11) is 0. The standard InChI is InChI=1S/C10H11N3.C6H5Br2N3/c11-10-6-7-12-13(10)8-9-4-2-1-3-5-9;7-4-2-1-3-5(8)6(4)10-11-9/h1-7H,8,11H2;1-3H,(H2,9,10). The van der Waals surface area contributed by atoms with Crippen LogP contribution in [0.15, 0.2) is 80.1 Å². The predicted molar refractivity (Wildman–Crippen MR) is 103 cm³/mol. The molecule has 0 amide bonds. The summed E-state index contributed by atoms with van der Waals surface area (Å²) in [6.45, 7) is 0.736. The number of hydrogen-bond donors (Lipinski definition) is 2. The van der Waals surface area contributed by atoms with Gasteiger partial charge >= 0.3 is 0 Å². The van der Waals surface area contributed by atoms with Gasteiger partial charge in [0.2, 0.25) is 0 Å². The quantitative estimate of drug-likeness (QED) is 0.343. The van der Waals surface area contributed by atoms with Crippen LogP contribution in [-0.2, 0) is 6.54 Å². The van der Waals surface area contributed by atoms with Crippen LogP contribution in [0.3, 0.4) is 0 Å². The first kappa shape index (κ1) is 18.2. The largest absolute Gasteiger partial charge is 0.384 e. The van der Waals surface area contributed by atoms with Gasteiger partial charge < -0.3 is 11.6 Å². The van der Waals surface area contributed by atoms with E-state index in [0.717, 1.165) is 15.5 Å². The number of anilines is 1. The topological polar surface area (TPSA) is 94.6 Å². The van der Waals surface area contributed by atoms with Gasteiger partial charge in [-0.05, 0) is 55.6 Å². The summed E-state index contributed by atoms with van der Waals surface area (Å²) >= 11 is 6.62. The van der Waals surface area contributed by atoms with Gasteiger partial charge in [0.05, 0.1) is 12.7 Å². The zero-order valence-electron chi connectivity index (χ0n) is 12.7. The summed E-state index contributed by atoms with van der Waals surface area (Å²) in [6.07, 6.45) is 1.71. The molecule has 124 valence electrons. The summed E-state index contributed by atoms with van der Waals surface area (Å²) in [5, 5.41) is 11.0. The van der Waals surface area contributed by atoms with E-state index in [0.29, 0.717) is 11.5 Å². The third-order valence-electron chi connectivity index (χ3n) is 3.02. The number of benzene rings is 2. The molecule has 0 unspecified atom stereocenters. The van der Waals surface area contributed by atoms with Crippen molar-refractivity contribution in [2.24, 2.45) is 16.2 Å². The lowest BCUT2D eigenvalue weighted by atomic mass is 10.2. The highest BCUT2D eigenvalue weighted by molar-refractivity contribution is 9.11. The second-order valence-electron chi connectivity index (χ2n) is 4.69. The fraction of sp³-hybridized carbons (Fsp3) is 0.0625. The highest BCUT2D eigenvalue weighted by atomic mass is 79.9. The van der Waals surface area contributed by atoms with Crippen molar-refractivity contribution in [3.63, 3.8) is 0 Å². The molecule has 0 saturated heterocycles. The molecule has 1 heterocycles. The summed E-state index contributed by atoms with van der Waals surface area (Å²) in [5.74, 6) is 5.61. The lowest BCUT2D eigenvalue weighted by Gasteiger charge is -2.03. The van der Waals surface area contributed by atoms with Crippen molar-refractivity contribution in [1.82, 2.24) is 9.78 Å². The Balaban J connectivity index is 0.000000177. The second kappa shape index (κ2) is 9.19. The molecule has 0 saturated carbocycles. The molecule has 0 aliphatic carbocycles. The summed E-state index contributed by atoms with van der Waals surface area (Å²) in [6, 6.07) is 17.6. The second-order valence-corrected chi connectivity index (χ2v) is 6.39. The number of nitrogen functional groups attached to an aromatic ring is 1. The molecule has 0 spiro atoms. The van der Waals surface area contributed by atoms with Crippen molar-refractivity contribution >= 4 is 43.4 Å². The number of nitrogens with zero attached hydrogens (tertiary/aromatic N) is 4. The van der Waals surface area contributed by atoms with Crippen LogP contribution in [0.25, 0.3) is 0 Å². The first-order chi connectivity index (χ1) is 11.6.